The Morgan fingerprint density at radius 3 is 2.59 bits per heavy atom. The lowest BCUT2D eigenvalue weighted by Gasteiger charge is -2.34. The number of rotatable bonds is 7. The maximum atomic E-state index is 14.1. The van der Waals surface area contributed by atoms with Crippen molar-refractivity contribution in [1.29, 1.82) is 0 Å². The lowest BCUT2D eigenvalue weighted by Crippen LogP contribution is -2.56. The van der Waals surface area contributed by atoms with Gasteiger partial charge in [-0.1, -0.05) is 79.4 Å². The number of hydrogen-bond acceptors (Lipinski definition) is 4. The lowest BCUT2D eigenvalue weighted by atomic mass is 9.74. The number of nitrogens with zero attached hydrogens (tertiary/aromatic N) is 1. The molecular weight excluding hydrogens is 514 g/mol. The van der Waals surface area contributed by atoms with E-state index in [0.717, 1.165) is 36.8 Å². The van der Waals surface area contributed by atoms with Crippen molar-refractivity contribution >= 4 is 35.0 Å². The molecular formula is C31H34ClN3O4. The second kappa shape index (κ2) is 10.4. The largest absolute Gasteiger partial charge is 0.359 e. The number of amides is 3. The molecule has 1 spiro atoms. The van der Waals surface area contributed by atoms with Crippen LogP contribution in [0.3, 0.4) is 0 Å². The molecule has 1 aliphatic carbocycles. The van der Waals surface area contributed by atoms with Gasteiger partial charge in [0.2, 0.25) is 17.7 Å². The van der Waals surface area contributed by atoms with Crippen molar-refractivity contribution in [1.82, 2.24) is 10.2 Å². The number of ether oxygens (including phenoxy) is 1. The summed E-state index contributed by atoms with van der Waals surface area (Å²) < 4.78 is 6.45. The first-order valence-corrected chi connectivity index (χ1v) is 14.3. The highest BCUT2D eigenvalue weighted by atomic mass is 35.5. The molecule has 7 nitrogen and oxygen atoms in total. The molecule has 3 unspecified atom stereocenters. The Bertz CT molecular complexity index is 1310. The van der Waals surface area contributed by atoms with Gasteiger partial charge in [-0.2, -0.15) is 0 Å². The standard InChI is InChI=1S/C31H34ClN3O4/c1-19-12-13-22(18-23(19)32)34-28(36)25-24-14-16-31(39-24)26(25)30(38)35(17-15-20-8-4-2-5-9-20)27(31)29(37)33-21-10-6-3-7-11-21/h2,4-5,8-9,12-14,16,18,21,24-27H,3,6-7,10-11,15,17H2,1H3,(H,33,37)(H,34,36)/t24-,25?,26-,27?,31?/m0/s1. The van der Waals surface area contributed by atoms with Gasteiger partial charge in [-0.05, 0) is 49.4 Å². The summed E-state index contributed by atoms with van der Waals surface area (Å²) in [6.45, 7) is 2.26. The smallest absolute Gasteiger partial charge is 0.246 e. The zero-order chi connectivity index (χ0) is 27.1. The zero-order valence-electron chi connectivity index (χ0n) is 22.1. The maximum absolute atomic E-state index is 14.1. The van der Waals surface area contributed by atoms with E-state index < -0.39 is 29.6 Å². The number of fused-ring (bicyclic) bond motifs is 1. The molecule has 5 atom stereocenters. The molecule has 39 heavy (non-hydrogen) atoms. The van der Waals surface area contributed by atoms with Crippen LogP contribution in [0, 0.1) is 18.8 Å². The first-order chi connectivity index (χ1) is 18.9. The van der Waals surface area contributed by atoms with Crippen LogP contribution in [0.25, 0.3) is 0 Å². The van der Waals surface area contributed by atoms with Crippen LogP contribution < -0.4 is 10.6 Å². The van der Waals surface area contributed by atoms with Gasteiger partial charge in [-0.3, -0.25) is 14.4 Å². The van der Waals surface area contributed by atoms with E-state index in [-0.39, 0.29) is 23.8 Å². The van der Waals surface area contributed by atoms with Crippen LogP contribution in [0.5, 0.6) is 0 Å². The van der Waals surface area contributed by atoms with Crippen LogP contribution in [0.15, 0.2) is 60.7 Å². The van der Waals surface area contributed by atoms with Crippen molar-refractivity contribution < 1.29 is 19.1 Å². The summed E-state index contributed by atoms with van der Waals surface area (Å²) in [5.74, 6) is -2.22. The Morgan fingerprint density at radius 1 is 1.08 bits per heavy atom. The van der Waals surface area contributed by atoms with Gasteiger partial charge in [-0.15, -0.1) is 0 Å². The predicted octanol–water partition coefficient (Wildman–Crippen LogP) is 4.43. The minimum Gasteiger partial charge on any atom is -0.359 e. The fourth-order valence-corrected chi connectivity index (χ4v) is 7.01. The molecule has 3 aliphatic heterocycles. The second-order valence-electron chi connectivity index (χ2n) is 11.3. The highest BCUT2D eigenvalue weighted by Gasteiger charge is 2.72. The number of carbonyl (C=O) groups excluding carboxylic acids is 3. The molecule has 0 aromatic heterocycles. The van der Waals surface area contributed by atoms with E-state index in [4.69, 9.17) is 16.3 Å². The summed E-state index contributed by atoms with van der Waals surface area (Å²) in [5.41, 5.74) is 1.39. The topological polar surface area (TPSA) is 87.7 Å². The number of benzene rings is 2. The van der Waals surface area contributed by atoms with Crippen molar-refractivity contribution in [3.8, 4) is 0 Å². The Morgan fingerprint density at radius 2 is 1.85 bits per heavy atom. The Hall–Kier alpha value is -3.16. The molecule has 2 saturated heterocycles. The van der Waals surface area contributed by atoms with E-state index in [2.05, 4.69) is 10.6 Å². The normalized spacial score (nSPS) is 29.5. The summed E-state index contributed by atoms with van der Waals surface area (Å²) in [6, 6.07) is 14.5. The fourth-order valence-electron chi connectivity index (χ4n) is 6.83. The van der Waals surface area contributed by atoms with Crippen molar-refractivity contribution in [3.05, 3.63) is 76.8 Å². The van der Waals surface area contributed by atoms with E-state index in [0.29, 0.717) is 23.7 Å². The summed E-state index contributed by atoms with van der Waals surface area (Å²) in [7, 11) is 0. The van der Waals surface area contributed by atoms with Crippen molar-refractivity contribution in [3.63, 3.8) is 0 Å². The molecule has 2 N–H and O–H groups in total. The molecule has 3 fully saturated rings. The molecule has 3 amide bonds. The number of halogens is 1. The third-order valence-corrected chi connectivity index (χ3v) is 9.21. The van der Waals surface area contributed by atoms with Crippen LogP contribution in [0.4, 0.5) is 5.69 Å². The molecule has 2 aromatic rings. The number of hydrogen-bond donors (Lipinski definition) is 2. The van der Waals surface area contributed by atoms with E-state index in [1.165, 1.54) is 6.42 Å². The zero-order valence-corrected chi connectivity index (χ0v) is 22.8. The number of nitrogens with one attached hydrogen (secondary N) is 2. The number of aryl methyl sites for hydroxylation is 1. The average molecular weight is 548 g/mol. The molecule has 0 radical (unpaired) electrons. The van der Waals surface area contributed by atoms with Crippen LogP contribution in [0.2, 0.25) is 5.02 Å². The molecule has 1 saturated carbocycles. The molecule has 4 aliphatic rings. The van der Waals surface area contributed by atoms with Crippen molar-refractivity contribution in [2.45, 2.75) is 69.2 Å². The summed E-state index contributed by atoms with van der Waals surface area (Å²) in [4.78, 5) is 43.3. The minimum absolute atomic E-state index is 0.0979. The lowest BCUT2D eigenvalue weighted by molar-refractivity contribution is -0.141. The van der Waals surface area contributed by atoms with E-state index in [1.54, 1.807) is 17.0 Å². The quantitative estimate of drug-likeness (QED) is 0.502. The van der Waals surface area contributed by atoms with Gasteiger partial charge in [-0.25, -0.2) is 0 Å². The predicted molar refractivity (Wildman–Crippen MR) is 149 cm³/mol. The Kier molecular flexibility index (Phi) is 6.98. The molecule has 204 valence electrons. The van der Waals surface area contributed by atoms with Gasteiger partial charge < -0.3 is 20.3 Å². The fraction of sp³-hybridized carbons (Fsp3) is 0.452. The molecule has 3 heterocycles. The summed E-state index contributed by atoms with van der Waals surface area (Å²) in [6.07, 6.45) is 8.98. The first-order valence-electron chi connectivity index (χ1n) is 14.0. The molecule has 6 rings (SSSR count). The molecule has 2 bridgehead atoms. The number of likely N-dealkylation sites (tertiary alicyclic amines) is 1. The highest BCUT2D eigenvalue weighted by Crippen LogP contribution is 2.55. The monoisotopic (exact) mass is 547 g/mol. The van der Waals surface area contributed by atoms with E-state index in [1.807, 2.05) is 55.5 Å². The maximum Gasteiger partial charge on any atom is 0.246 e. The van der Waals surface area contributed by atoms with Crippen LogP contribution in [-0.4, -0.2) is 53.0 Å². The average Bonchev–Trinajstić information content (AvgIpc) is 3.58. The number of carbonyl (C=O) groups is 3. The van der Waals surface area contributed by atoms with E-state index >= 15 is 0 Å². The van der Waals surface area contributed by atoms with Gasteiger partial charge >= 0.3 is 0 Å². The SMILES string of the molecule is Cc1ccc(NC(=O)C2[C@@H]3C=CC4(O3)C(C(=O)NC3CCCCC3)N(CCc3ccccc3)C(=O)[C@H]24)cc1Cl. The van der Waals surface area contributed by atoms with Crippen LogP contribution in [0.1, 0.15) is 43.2 Å². The van der Waals surface area contributed by atoms with Crippen LogP contribution >= 0.6 is 11.6 Å². The highest BCUT2D eigenvalue weighted by molar-refractivity contribution is 6.31. The van der Waals surface area contributed by atoms with Gasteiger partial charge in [0.1, 0.15) is 11.6 Å². The van der Waals surface area contributed by atoms with Gasteiger partial charge in [0, 0.05) is 23.3 Å². The van der Waals surface area contributed by atoms with Crippen molar-refractivity contribution in [2.24, 2.45) is 11.8 Å². The molecule has 2 aromatic carbocycles. The second-order valence-corrected chi connectivity index (χ2v) is 11.7. The minimum atomic E-state index is -1.16. The van der Waals surface area contributed by atoms with Gasteiger partial charge in [0.15, 0.2) is 0 Å². The van der Waals surface area contributed by atoms with Gasteiger partial charge in [0.25, 0.3) is 0 Å². The third-order valence-electron chi connectivity index (χ3n) is 8.80. The summed E-state index contributed by atoms with van der Waals surface area (Å²) in [5, 5.41) is 6.73. The van der Waals surface area contributed by atoms with Crippen molar-refractivity contribution in [2.75, 3.05) is 11.9 Å². The number of anilines is 1. The molecule has 8 heteroatoms. The van der Waals surface area contributed by atoms with E-state index in [9.17, 15) is 14.4 Å². The third kappa shape index (κ3) is 4.66. The Labute approximate surface area is 233 Å². The van der Waals surface area contributed by atoms with Gasteiger partial charge in [0.05, 0.1) is 17.9 Å². The Balaban J connectivity index is 1.29. The van der Waals surface area contributed by atoms with Crippen LogP contribution in [-0.2, 0) is 25.5 Å². The first kappa shape index (κ1) is 26.1. The summed E-state index contributed by atoms with van der Waals surface area (Å²) >= 11 is 6.28.